The second kappa shape index (κ2) is 2.10. The van der Waals surface area contributed by atoms with Gasteiger partial charge < -0.3 is 0 Å². The van der Waals surface area contributed by atoms with Crippen LogP contribution in [0.2, 0.25) is 0 Å². The van der Waals surface area contributed by atoms with E-state index in [2.05, 4.69) is 36.4 Å². The van der Waals surface area contributed by atoms with Crippen LogP contribution in [-0.2, 0) is 12.8 Å². The van der Waals surface area contributed by atoms with Gasteiger partial charge >= 0.3 is 0 Å². The molecule has 0 aliphatic heterocycles. The fourth-order valence-corrected chi connectivity index (χ4v) is 1.55. The molecule has 0 atom stereocenters. The first-order chi connectivity index (χ1) is 5.93. The molecule has 1 aromatic carbocycles. The molecule has 2 aliphatic rings. The van der Waals surface area contributed by atoms with Crippen molar-refractivity contribution in [2.75, 3.05) is 0 Å². The van der Waals surface area contributed by atoms with Gasteiger partial charge in [-0.2, -0.15) is 0 Å². The zero-order valence-electron chi connectivity index (χ0n) is 6.88. The lowest BCUT2D eigenvalue weighted by atomic mass is 10.4. The monoisotopic (exact) mass is 154 g/mol. The predicted molar refractivity (Wildman–Crippen MR) is 49.7 cm³/mol. The van der Waals surface area contributed by atoms with E-state index >= 15 is 0 Å². The second-order valence-electron chi connectivity index (χ2n) is 3.51. The van der Waals surface area contributed by atoms with Crippen LogP contribution in [-0.4, -0.2) is 0 Å². The number of rotatable bonds is 0. The van der Waals surface area contributed by atoms with Gasteiger partial charge in [0, 0.05) is 0 Å². The van der Waals surface area contributed by atoms with E-state index in [4.69, 9.17) is 0 Å². The first-order valence-electron chi connectivity index (χ1n) is 4.40. The molecule has 0 heteroatoms. The van der Waals surface area contributed by atoms with Crippen LogP contribution in [0.5, 0.6) is 0 Å². The van der Waals surface area contributed by atoms with Crippen LogP contribution in [0, 0.1) is 0 Å². The standard InChI is InChI=1S/C12H10/c1-3-9-7-11(9)5-2-6-12-8-10(12)4-1/h1-6H,7-8H2. The van der Waals surface area contributed by atoms with Gasteiger partial charge in [-0.15, -0.1) is 0 Å². The fourth-order valence-electron chi connectivity index (χ4n) is 1.55. The summed E-state index contributed by atoms with van der Waals surface area (Å²) in [6.07, 6.45) is 2.39. The summed E-state index contributed by atoms with van der Waals surface area (Å²) in [6.45, 7) is 0. The minimum atomic E-state index is 1.19. The maximum atomic E-state index is 2.23. The van der Waals surface area contributed by atoms with Gasteiger partial charge in [0.25, 0.3) is 0 Å². The van der Waals surface area contributed by atoms with Gasteiger partial charge in [-0.05, 0) is 35.1 Å². The van der Waals surface area contributed by atoms with Crippen molar-refractivity contribution >= 4 is 0 Å². The van der Waals surface area contributed by atoms with E-state index in [1.165, 1.54) is 35.1 Å². The molecule has 0 saturated heterocycles. The molecular weight excluding hydrogens is 144 g/mol. The van der Waals surface area contributed by atoms with Gasteiger partial charge in [-0.1, -0.05) is 36.4 Å². The van der Waals surface area contributed by atoms with Crippen molar-refractivity contribution in [1.82, 2.24) is 0 Å². The van der Waals surface area contributed by atoms with Crippen LogP contribution in [0.4, 0.5) is 0 Å². The Morgan fingerprint density at radius 3 is 1.25 bits per heavy atom. The Balaban J connectivity index is 2.21. The molecule has 0 heterocycles. The lowest BCUT2D eigenvalue weighted by molar-refractivity contribution is 1.55. The van der Waals surface area contributed by atoms with Gasteiger partial charge in [0.15, 0.2) is 0 Å². The largest absolute Gasteiger partial charge is 0.0617 e. The van der Waals surface area contributed by atoms with Crippen LogP contribution >= 0.6 is 0 Å². The van der Waals surface area contributed by atoms with Crippen LogP contribution in [0.25, 0.3) is 0 Å². The third-order valence-electron chi connectivity index (χ3n) is 2.53. The van der Waals surface area contributed by atoms with E-state index in [0.29, 0.717) is 0 Å². The smallest absolute Gasteiger partial charge is 0.00201 e. The van der Waals surface area contributed by atoms with Crippen molar-refractivity contribution in [2.24, 2.45) is 0 Å². The van der Waals surface area contributed by atoms with Crippen LogP contribution < -0.4 is 0 Å². The van der Waals surface area contributed by atoms with Crippen molar-refractivity contribution < 1.29 is 0 Å². The highest BCUT2D eigenvalue weighted by Gasteiger charge is 2.14. The molecular formula is C12H10. The highest BCUT2D eigenvalue weighted by molar-refractivity contribution is 5.46. The third-order valence-corrected chi connectivity index (χ3v) is 2.53. The molecule has 0 spiro atoms. The Hall–Kier alpha value is -1.30. The van der Waals surface area contributed by atoms with E-state index < -0.39 is 0 Å². The molecule has 0 nitrogen and oxygen atoms in total. The Bertz CT molecular complexity index is 328. The SMILES string of the molecule is c1cc2c(cccc3c(c1)C3)C2. The number of hydrogen-bond donors (Lipinski definition) is 0. The topological polar surface area (TPSA) is 0 Å². The van der Waals surface area contributed by atoms with E-state index in [-0.39, 0.29) is 0 Å². The molecule has 0 unspecified atom stereocenters. The van der Waals surface area contributed by atoms with E-state index in [1.807, 2.05) is 0 Å². The van der Waals surface area contributed by atoms with Crippen molar-refractivity contribution in [3.63, 3.8) is 0 Å². The number of hydrogen-bond acceptors (Lipinski definition) is 0. The minimum absolute atomic E-state index is 1.19. The first-order valence-corrected chi connectivity index (χ1v) is 4.40. The summed E-state index contributed by atoms with van der Waals surface area (Å²) in [7, 11) is 0. The van der Waals surface area contributed by atoms with Gasteiger partial charge in [0.05, 0.1) is 0 Å². The molecule has 0 bridgehead atoms. The summed E-state index contributed by atoms with van der Waals surface area (Å²) in [6, 6.07) is 13.3. The van der Waals surface area contributed by atoms with E-state index in [0.717, 1.165) is 0 Å². The van der Waals surface area contributed by atoms with Crippen molar-refractivity contribution in [3.8, 4) is 0 Å². The molecule has 3 rings (SSSR count). The molecule has 0 saturated carbocycles. The summed E-state index contributed by atoms with van der Waals surface area (Å²) < 4.78 is 0. The molecule has 0 N–H and O–H groups in total. The molecule has 12 heavy (non-hydrogen) atoms. The predicted octanol–water partition coefficient (Wildman–Crippen LogP) is 2.62. The maximum absolute atomic E-state index is 2.23. The molecule has 58 valence electrons. The Morgan fingerprint density at radius 1 is 0.583 bits per heavy atom. The zero-order valence-corrected chi connectivity index (χ0v) is 6.88. The van der Waals surface area contributed by atoms with Gasteiger partial charge in [0.1, 0.15) is 0 Å². The fraction of sp³-hybridized carbons (Fsp3) is 0.167. The maximum Gasteiger partial charge on any atom is -0.00201 e. The summed E-state index contributed by atoms with van der Waals surface area (Å²) in [5.74, 6) is 0. The van der Waals surface area contributed by atoms with E-state index in [9.17, 15) is 0 Å². The van der Waals surface area contributed by atoms with Gasteiger partial charge in [-0.3, -0.25) is 0 Å². The van der Waals surface area contributed by atoms with Crippen molar-refractivity contribution in [2.45, 2.75) is 12.8 Å². The quantitative estimate of drug-likeness (QED) is 0.467. The van der Waals surface area contributed by atoms with Crippen LogP contribution in [0.1, 0.15) is 22.3 Å². The molecule has 1 aromatic rings. The molecule has 0 amide bonds. The van der Waals surface area contributed by atoms with Crippen LogP contribution in [0.3, 0.4) is 0 Å². The summed E-state index contributed by atoms with van der Waals surface area (Å²) in [4.78, 5) is 0. The second-order valence-corrected chi connectivity index (χ2v) is 3.51. The molecule has 2 aliphatic carbocycles. The minimum Gasteiger partial charge on any atom is -0.0617 e. The number of fused-ring (bicyclic) bond motifs is 2. The molecule has 0 aromatic heterocycles. The average Bonchev–Trinajstić information content (AvgIpc) is 2.90. The van der Waals surface area contributed by atoms with Crippen LogP contribution in [0.15, 0.2) is 36.4 Å². The Morgan fingerprint density at radius 2 is 0.917 bits per heavy atom. The van der Waals surface area contributed by atoms with Gasteiger partial charge in [0.2, 0.25) is 0 Å². The van der Waals surface area contributed by atoms with Crippen molar-refractivity contribution in [3.05, 3.63) is 58.7 Å². The highest BCUT2D eigenvalue weighted by atomic mass is 14.2. The Labute approximate surface area is 72.2 Å². The first kappa shape index (κ1) is 6.24. The normalized spacial score (nSPS) is 14.0. The van der Waals surface area contributed by atoms with E-state index in [1.54, 1.807) is 0 Å². The lowest BCUT2D eigenvalue weighted by Gasteiger charge is -1.68. The van der Waals surface area contributed by atoms with Gasteiger partial charge in [-0.25, -0.2) is 0 Å². The summed E-state index contributed by atoms with van der Waals surface area (Å²) in [5.41, 5.74) is 6.00. The lowest BCUT2D eigenvalue weighted by Crippen LogP contribution is -1.48. The third kappa shape index (κ3) is 1.00. The summed E-state index contributed by atoms with van der Waals surface area (Å²) in [5, 5.41) is 0. The Kier molecular flexibility index (Phi) is 1.09. The molecule has 0 radical (unpaired) electrons. The van der Waals surface area contributed by atoms with Crippen molar-refractivity contribution in [1.29, 1.82) is 0 Å². The molecule has 0 fully saturated rings. The average molecular weight is 154 g/mol. The highest BCUT2D eigenvalue weighted by Crippen LogP contribution is 2.27. The summed E-state index contributed by atoms with van der Waals surface area (Å²) >= 11 is 0. The zero-order chi connectivity index (χ0) is 7.97.